The van der Waals surface area contributed by atoms with Gasteiger partial charge >= 0.3 is 0 Å². The van der Waals surface area contributed by atoms with Gasteiger partial charge in [0.15, 0.2) is 29.0 Å². The molecule has 8 heteroatoms. The summed E-state index contributed by atoms with van der Waals surface area (Å²) in [5, 5.41) is 11.8. The zero-order valence-electron chi connectivity index (χ0n) is 18.4. The maximum Gasteiger partial charge on any atom is 0.231 e. The summed E-state index contributed by atoms with van der Waals surface area (Å²) in [7, 11) is 3.78. The number of nitrogens with one attached hydrogen (secondary N) is 1. The van der Waals surface area contributed by atoms with Crippen LogP contribution in [0.3, 0.4) is 0 Å². The molecule has 2 heterocycles. The molecule has 0 aliphatic carbocycles. The van der Waals surface area contributed by atoms with Crippen LogP contribution in [0, 0.1) is 11.8 Å². The Hall–Kier alpha value is -3.57. The van der Waals surface area contributed by atoms with Crippen LogP contribution in [0.4, 0.5) is 0 Å². The molecule has 2 aromatic rings. The Kier molecular flexibility index (Phi) is 6.57. The third-order valence-corrected chi connectivity index (χ3v) is 5.54. The number of benzene rings is 2. The van der Waals surface area contributed by atoms with Crippen LogP contribution < -0.4 is 28.6 Å². The van der Waals surface area contributed by atoms with E-state index in [2.05, 4.69) is 24.0 Å². The van der Waals surface area contributed by atoms with Crippen molar-refractivity contribution in [3.63, 3.8) is 0 Å². The second-order valence-corrected chi connectivity index (χ2v) is 7.49. The molecule has 0 aromatic heterocycles. The van der Waals surface area contributed by atoms with Gasteiger partial charge in [0.2, 0.25) is 12.5 Å². The van der Waals surface area contributed by atoms with Gasteiger partial charge in [-0.05, 0) is 42.7 Å². The zero-order valence-corrected chi connectivity index (χ0v) is 18.4. The second kappa shape index (κ2) is 9.71. The number of rotatable bonds is 6. The first-order chi connectivity index (χ1) is 15.7. The minimum absolute atomic E-state index is 0.0682. The van der Waals surface area contributed by atoms with Crippen molar-refractivity contribution in [2.24, 2.45) is 5.16 Å². The van der Waals surface area contributed by atoms with E-state index in [1.807, 2.05) is 13.0 Å². The van der Waals surface area contributed by atoms with Crippen molar-refractivity contribution < 1.29 is 33.8 Å². The number of hydrogen-bond donors (Lipinski definition) is 2. The molecule has 0 saturated carbocycles. The molecular formula is C24H27N2O6+. The highest BCUT2D eigenvalue weighted by atomic mass is 16.7. The van der Waals surface area contributed by atoms with E-state index in [-0.39, 0.29) is 19.4 Å². The molecule has 2 aliphatic heterocycles. The maximum absolute atomic E-state index is 8.74. The van der Waals surface area contributed by atoms with E-state index in [1.165, 1.54) is 16.7 Å². The number of likely N-dealkylation sites (N-methyl/N-ethyl adjacent to an activating group) is 1. The fourth-order valence-corrected chi connectivity index (χ4v) is 4.04. The summed E-state index contributed by atoms with van der Waals surface area (Å²) >= 11 is 0. The summed E-state index contributed by atoms with van der Waals surface area (Å²) in [4.78, 5) is 1.28. The molecule has 1 unspecified atom stereocenters. The van der Waals surface area contributed by atoms with Crippen LogP contribution in [-0.4, -0.2) is 52.1 Å². The molecule has 0 spiro atoms. The van der Waals surface area contributed by atoms with Crippen LogP contribution in [0.1, 0.15) is 29.7 Å². The molecule has 2 aromatic carbocycles. The highest BCUT2D eigenvalue weighted by Crippen LogP contribution is 2.47. The minimum Gasteiger partial charge on any atom is -0.492 e. The summed E-state index contributed by atoms with van der Waals surface area (Å²) in [6.45, 7) is 3.75. The lowest BCUT2D eigenvalue weighted by Gasteiger charge is -2.30. The normalized spacial score (nSPS) is 18.6. The highest BCUT2D eigenvalue weighted by molar-refractivity contribution is 5.80. The molecular weight excluding hydrogens is 412 g/mol. The van der Waals surface area contributed by atoms with Gasteiger partial charge in [-0.2, -0.15) is 0 Å². The van der Waals surface area contributed by atoms with Crippen LogP contribution in [0.5, 0.6) is 28.7 Å². The van der Waals surface area contributed by atoms with E-state index in [0.717, 1.165) is 24.3 Å². The Morgan fingerprint density at radius 2 is 2.12 bits per heavy atom. The predicted molar refractivity (Wildman–Crippen MR) is 118 cm³/mol. The van der Waals surface area contributed by atoms with Gasteiger partial charge in [0.05, 0.1) is 39.1 Å². The van der Waals surface area contributed by atoms with Crippen molar-refractivity contribution in [3.05, 3.63) is 41.0 Å². The number of quaternary nitrogens is 1. The average molecular weight is 439 g/mol. The predicted octanol–water partition coefficient (Wildman–Crippen LogP) is 1.82. The molecule has 32 heavy (non-hydrogen) atoms. The Bertz CT molecular complexity index is 1070. The third-order valence-electron chi connectivity index (χ3n) is 5.54. The van der Waals surface area contributed by atoms with Crippen molar-refractivity contribution in [2.75, 3.05) is 40.7 Å². The Labute approximate surface area is 187 Å². The molecule has 0 fully saturated rings. The molecule has 168 valence electrons. The summed E-state index contributed by atoms with van der Waals surface area (Å²) in [6.07, 6.45) is 2.26. The maximum atomic E-state index is 8.74. The lowest BCUT2D eigenvalue weighted by atomic mass is 9.91. The van der Waals surface area contributed by atoms with E-state index in [0.29, 0.717) is 35.2 Å². The molecule has 0 bridgehead atoms. The minimum atomic E-state index is -0.0682. The van der Waals surface area contributed by atoms with Gasteiger partial charge in [-0.1, -0.05) is 11.1 Å². The molecule has 0 radical (unpaired) electrons. The Morgan fingerprint density at radius 3 is 2.91 bits per heavy atom. The summed E-state index contributed by atoms with van der Waals surface area (Å²) in [5.74, 6) is 9.77. The fraction of sp³-hybridized carbons (Fsp3) is 0.375. The Morgan fingerprint density at radius 1 is 1.25 bits per heavy atom. The molecule has 0 saturated heterocycles. The first-order valence-electron chi connectivity index (χ1n) is 10.5. The molecule has 0 amide bonds. The lowest BCUT2D eigenvalue weighted by Crippen LogP contribution is -3.10. The van der Waals surface area contributed by atoms with Crippen LogP contribution in [-0.2, 0) is 6.42 Å². The molecule has 2 N–H and O–H groups in total. The van der Waals surface area contributed by atoms with Crippen molar-refractivity contribution in [2.45, 2.75) is 19.4 Å². The summed E-state index contributed by atoms with van der Waals surface area (Å²) < 4.78 is 28.5. The van der Waals surface area contributed by atoms with Gasteiger partial charge in [0, 0.05) is 12.0 Å². The van der Waals surface area contributed by atoms with Gasteiger partial charge in [0.1, 0.15) is 6.61 Å². The number of oxime groups is 1. The van der Waals surface area contributed by atoms with Crippen LogP contribution >= 0.6 is 0 Å². The van der Waals surface area contributed by atoms with E-state index in [9.17, 15) is 0 Å². The van der Waals surface area contributed by atoms with Crippen molar-refractivity contribution >= 4 is 6.21 Å². The smallest absolute Gasteiger partial charge is 0.231 e. The molecule has 8 nitrogen and oxygen atoms in total. The zero-order chi connectivity index (χ0) is 22.5. The van der Waals surface area contributed by atoms with Gasteiger partial charge in [-0.25, -0.2) is 0 Å². The topological polar surface area (TPSA) is 83.2 Å². The largest absolute Gasteiger partial charge is 0.492 e. The number of hydrogen-bond acceptors (Lipinski definition) is 7. The molecule has 4 rings (SSSR count). The van der Waals surface area contributed by atoms with Crippen molar-refractivity contribution in [3.8, 4) is 40.6 Å². The standard InChI is InChI=1S/C24H26N2O6/c1-4-29-20-12-16(14-25-27)7-8-19(20)30-11-5-6-18-22-17(9-10-26(18)2)13-21-23(24(22)28-3)32-15-31-21/h7-8,12-14,18,27H,4,9-11,15H2,1-3H3/p+1/b25-14-/t18-/m0/s1. The van der Waals surface area contributed by atoms with Gasteiger partial charge in [0.25, 0.3) is 0 Å². The number of ether oxygens (including phenoxy) is 5. The third kappa shape index (κ3) is 4.25. The monoisotopic (exact) mass is 439 g/mol. The van der Waals surface area contributed by atoms with E-state index >= 15 is 0 Å². The van der Waals surface area contributed by atoms with Gasteiger partial charge in [-0.15, -0.1) is 0 Å². The second-order valence-electron chi connectivity index (χ2n) is 7.49. The van der Waals surface area contributed by atoms with Crippen molar-refractivity contribution in [1.29, 1.82) is 0 Å². The Balaban J connectivity index is 1.55. The van der Waals surface area contributed by atoms with E-state index in [4.69, 9.17) is 28.9 Å². The summed E-state index contributed by atoms with van der Waals surface area (Å²) in [6, 6.07) is 7.30. The van der Waals surface area contributed by atoms with Crippen molar-refractivity contribution in [1.82, 2.24) is 0 Å². The average Bonchev–Trinajstić information content (AvgIpc) is 3.26. The van der Waals surface area contributed by atoms with E-state index in [1.54, 1.807) is 25.3 Å². The molecule has 2 aliphatic rings. The van der Waals surface area contributed by atoms with Crippen LogP contribution in [0.25, 0.3) is 0 Å². The summed E-state index contributed by atoms with van der Waals surface area (Å²) in [5.41, 5.74) is 2.94. The number of nitrogens with zero attached hydrogens (tertiary/aromatic N) is 1. The molecule has 2 atom stereocenters. The quantitative estimate of drug-likeness (QED) is 0.309. The van der Waals surface area contributed by atoms with Gasteiger partial charge in [-0.3, -0.25) is 0 Å². The van der Waals surface area contributed by atoms with Gasteiger partial charge < -0.3 is 33.8 Å². The number of fused-ring (bicyclic) bond motifs is 2. The first-order valence-corrected chi connectivity index (χ1v) is 10.5. The number of methoxy groups -OCH3 is 1. The van der Waals surface area contributed by atoms with E-state index < -0.39 is 0 Å². The van der Waals surface area contributed by atoms with Crippen LogP contribution in [0.2, 0.25) is 0 Å². The van der Waals surface area contributed by atoms with Crippen LogP contribution in [0.15, 0.2) is 29.4 Å². The SMILES string of the molecule is CCOc1cc(/C=N\O)ccc1OCC#C[C@H]1c2c(cc3c(c2OC)OCO3)CC[NH+]1C. The first kappa shape index (κ1) is 21.7. The highest BCUT2D eigenvalue weighted by Gasteiger charge is 2.35. The lowest BCUT2D eigenvalue weighted by molar-refractivity contribution is -0.905. The fourth-order valence-electron chi connectivity index (χ4n) is 4.04.